The van der Waals surface area contributed by atoms with Crippen LogP contribution < -0.4 is 10.6 Å². The Morgan fingerprint density at radius 2 is 1.25 bits per heavy atom. The number of primary amides is 1. The van der Waals surface area contributed by atoms with Crippen molar-refractivity contribution < 1.29 is 25.2 Å². The van der Waals surface area contributed by atoms with Gasteiger partial charge >= 0.3 is 6.03 Å². The van der Waals surface area contributed by atoms with Crippen molar-refractivity contribution in [1.82, 2.24) is 0 Å². The minimum Gasteiger partial charge on any atom is -0.504 e. The van der Waals surface area contributed by atoms with E-state index in [-0.39, 0.29) is 11.4 Å². The molecule has 2 aromatic carbocycles. The van der Waals surface area contributed by atoms with Crippen LogP contribution in [0.5, 0.6) is 23.0 Å². The molecule has 6 N–H and O–H groups in total. The molecule has 0 saturated carbocycles. The Labute approximate surface area is 113 Å². The summed E-state index contributed by atoms with van der Waals surface area (Å²) in [5, 5.41) is 38.5. The highest BCUT2D eigenvalue weighted by atomic mass is 16.3. The van der Waals surface area contributed by atoms with E-state index < -0.39 is 29.0 Å². The van der Waals surface area contributed by atoms with E-state index in [0.717, 1.165) is 4.90 Å². The Kier molecular flexibility index (Phi) is 3.26. The summed E-state index contributed by atoms with van der Waals surface area (Å²) < 4.78 is 0. The monoisotopic (exact) mass is 276 g/mol. The van der Waals surface area contributed by atoms with E-state index in [2.05, 4.69) is 0 Å². The number of carbonyl (C=O) groups is 1. The van der Waals surface area contributed by atoms with Crippen LogP contribution in [0.15, 0.2) is 36.4 Å². The van der Waals surface area contributed by atoms with E-state index in [1.165, 1.54) is 36.4 Å². The average molecular weight is 276 g/mol. The van der Waals surface area contributed by atoms with Gasteiger partial charge in [-0.25, -0.2) is 4.79 Å². The number of urea groups is 1. The van der Waals surface area contributed by atoms with Gasteiger partial charge in [-0.3, -0.25) is 4.90 Å². The third-order valence-electron chi connectivity index (χ3n) is 2.69. The number of carbonyl (C=O) groups excluding carboxylic acids is 1. The SMILES string of the molecule is NC(=O)N(c1cccc(O)c1O)c1cccc(O)c1O. The van der Waals surface area contributed by atoms with Crippen molar-refractivity contribution >= 4 is 17.4 Å². The number of nitrogens with zero attached hydrogens (tertiary/aromatic N) is 1. The molecule has 0 aromatic heterocycles. The molecule has 2 rings (SSSR count). The number of para-hydroxylation sites is 2. The molecule has 2 aromatic rings. The van der Waals surface area contributed by atoms with Gasteiger partial charge in [0.2, 0.25) is 0 Å². The molecule has 0 spiro atoms. The standard InChI is InChI=1S/C13H12N2O5/c14-13(20)15(7-3-1-5-9(16)11(7)18)8-4-2-6-10(17)12(8)19/h1-6,16-19H,(H2,14,20). The van der Waals surface area contributed by atoms with E-state index in [1.807, 2.05) is 0 Å². The quantitative estimate of drug-likeness (QED) is 0.534. The van der Waals surface area contributed by atoms with Crippen LogP contribution in [0.25, 0.3) is 0 Å². The van der Waals surface area contributed by atoms with Crippen LogP contribution in [-0.4, -0.2) is 26.5 Å². The second-order valence-electron chi connectivity index (χ2n) is 3.96. The van der Waals surface area contributed by atoms with Crippen LogP contribution >= 0.6 is 0 Å². The summed E-state index contributed by atoms with van der Waals surface area (Å²) in [5.41, 5.74) is 4.99. The van der Waals surface area contributed by atoms with Gasteiger partial charge in [0.25, 0.3) is 0 Å². The Balaban J connectivity index is 2.66. The van der Waals surface area contributed by atoms with Crippen molar-refractivity contribution in [3.63, 3.8) is 0 Å². The zero-order valence-electron chi connectivity index (χ0n) is 10.2. The van der Waals surface area contributed by atoms with Gasteiger partial charge in [-0.1, -0.05) is 12.1 Å². The van der Waals surface area contributed by atoms with Gasteiger partial charge in [-0.2, -0.15) is 0 Å². The predicted octanol–water partition coefficient (Wildman–Crippen LogP) is 1.73. The molecule has 0 fully saturated rings. The maximum atomic E-state index is 11.6. The topological polar surface area (TPSA) is 127 Å². The second kappa shape index (κ2) is 4.88. The predicted molar refractivity (Wildman–Crippen MR) is 71.3 cm³/mol. The van der Waals surface area contributed by atoms with Gasteiger partial charge in [0.15, 0.2) is 23.0 Å². The zero-order valence-corrected chi connectivity index (χ0v) is 10.2. The number of amides is 2. The van der Waals surface area contributed by atoms with Gasteiger partial charge in [-0.15, -0.1) is 0 Å². The first-order valence-corrected chi connectivity index (χ1v) is 5.55. The van der Waals surface area contributed by atoms with Crippen LogP contribution in [-0.2, 0) is 0 Å². The molecule has 0 heterocycles. The Morgan fingerprint density at radius 1 is 0.850 bits per heavy atom. The summed E-state index contributed by atoms with van der Waals surface area (Å²) in [7, 11) is 0. The van der Waals surface area contributed by atoms with Crippen LogP contribution in [0.2, 0.25) is 0 Å². The fourth-order valence-electron chi connectivity index (χ4n) is 1.77. The van der Waals surface area contributed by atoms with Crippen molar-refractivity contribution in [1.29, 1.82) is 0 Å². The number of nitrogens with two attached hydrogens (primary N) is 1. The molecule has 0 unspecified atom stereocenters. The molecule has 0 radical (unpaired) electrons. The number of aromatic hydroxyl groups is 4. The zero-order chi connectivity index (χ0) is 14.9. The van der Waals surface area contributed by atoms with E-state index in [1.54, 1.807) is 0 Å². The maximum absolute atomic E-state index is 11.6. The van der Waals surface area contributed by atoms with Gasteiger partial charge in [0.1, 0.15) is 0 Å². The van der Waals surface area contributed by atoms with E-state index in [9.17, 15) is 25.2 Å². The fourth-order valence-corrected chi connectivity index (χ4v) is 1.77. The first kappa shape index (κ1) is 13.3. The number of phenolic OH excluding ortho intramolecular Hbond substituents is 4. The number of benzene rings is 2. The molecular weight excluding hydrogens is 264 g/mol. The first-order chi connectivity index (χ1) is 9.43. The highest BCUT2D eigenvalue weighted by Gasteiger charge is 2.23. The summed E-state index contributed by atoms with van der Waals surface area (Å²) in [6.45, 7) is 0. The van der Waals surface area contributed by atoms with Gasteiger partial charge < -0.3 is 26.2 Å². The number of phenols is 4. The van der Waals surface area contributed by atoms with Gasteiger partial charge in [0.05, 0.1) is 11.4 Å². The molecule has 0 aliphatic rings. The lowest BCUT2D eigenvalue weighted by molar-refractivity contribution is 0.255. The van der Waals surface area contributed by atoms with Crippen LogP contribution in [0.1, 0.15) is 0 Å². The summed E-state index contributed by atoms with van der Waals surface area (Å²) >= 11 is 0. The maximum Gasteiger partial charge on any atom is 0.324 e. The van der Waals surface area contributed by atoms with Crippen molar-refractivity contribution in [2.75, 3.05) is 4.90 Å². The normalized spacial score (nSPS) is 10.2. The third kappa shape index (κ3) is 2.12. The smallest absolute Gasteiger partial charge is 0.324 e. The third-order valence-corrected chi connectivity index (χ3v) is 2.69. The molecule has 7 nitrogen and oxygen atoms in total. The Bertz CT molecular complexity index is 620. The molecule has 2 amide bonds. The molecule has 0 aliphatic carbocycles. The summed E-state index contributed by atoms with van der Waals surface area (Å²) in [4.78, 5) is 12.4. The second-order valence-corrected chi connectivity index (χ2v) is 3.96. The fraction of sp³-hybridized carbons (Fsp3) is 0. The van der Waals surface area contributed by atoms with Crippen molar-refractivity contribution in [3.05, 3.63) is 36.4 Å². The van der Waals surface area contributed by atoms with E-state index in [0.29, 0.717) is 0 Å². The molecule has 20 heavy (non-hydrogen) atoms. The number of hydrogen-bond donors (Lipinski definition) is 5. The minimum atomic E-state index is -1.01. The summed E-state index contributed by atoms with van der Waals surface area (Å²) in [6, 6.07) is 6.86. The molecule has 0 aliphatic heterocycles. The molecule has 0 saturated heterocycles. The van der Waals surface area contributed by atoms with Crippen molar-refractivity contribution in [2.45, 2.75) is 0 Å². The van der Waals surface area contributed by atoms with Gasteiger partial charge in [-0.05, 0) is 24.3 Å². The number of hydrogen-bond acceptors (Lipinski definition) is 5. The Hall–Kier alpha value is -3.09. The lowest BCUT2D eigenvalue weighted by atomic mass is 10.2. The summed E-state index contributed by atoms with van der Waals surface area (Å²) in [6.07, 6.45) is 0. The van der Waals surface area contributed by atoms with Crippen molar-refractivity contribution in [2.24, 2.45) is 5.73 Å². The van der Waals surface area contributed by atoms with Crippen molar-refractivity contribution in [3.8, 4) is 23.0 Å². The van der Waals surface area contributed by atoms with Crippen LogP contribution in [0.4, 0.5) is 16.2 Å². The highest BCUT2D eigenvalue weighted by Crippen LogP contribution is 2.43. The largest absolute Gasteiger partial charge is 0.504 e. The van der Waals surface area contributed by atoms with Gasteiger partial charge in [0, 0.05) is 0 Å². The van der Waals surface area contributed by atoms with Crippen LogP contribution in [0, 0.1) is 0 Å². The van der Waals surface area contributed by atoms with Crippen LogP contribution in [0.3, 0.4) is 0 Å². The van der Waals surface area contributed by atoms with E-state index in [4.69, 9.17) is 5.73 Å². The lowest BCUT2D eigenvalue weighted by Crippen LogP contribution is -2.31. The minimum absolute atomic E-state index is 0.126. The molecule has 104 valence electrons. The number of anilines is 2. The Morgan fingerprint density at radius 3 is 1.60 bits per heavy atom. The highest BCUT2D eigenvalue weighted by molar-refractivity contribution is 6.01. The summed E-state index contributed by atoms with van der Waals surface area (Å²) in [5.74, 6) is -2.05. The molecular formula is C13H12N2O5. The first-order valence-electron chi connectivity index (χ1n) is 5.55. The molecule has 7 heteroatoms. The average Bonchev–Trinajstić information content (AvgIpc) is 2.39. The molecule has 0 bridgehead atoms. The number of rotatable bonds is 2. The lowest BCUT2D eigenvalue weighted by Gasteiger charge is -2.22. The van der Waals surface area contributed by atoms with E-state index >= 15 is 0 Å². The molecule has 0 atom stereocenters.